The summed E-state index contributed by atoms with van der Waals surface area (Å²) in [5.41, 5.74) is 10.4. The van der Waals surface area contributed by atoms with E-state index in [0.717, 1.165) is 12.8 Å². The molecule has 4 aromatic carbocycles. The van der Waals surface area contributed by atoms with Gasteiger partial charge in [0.05, 0.1) is 11.0 Å². The lowest BCUT2D eigenvalue weighted by Gasteiger charge is -2.08. The van der Waals surface area contributed by atoms with E-state index in [4.69, 9.17) is 0 Å². The van der Waals surface area contributed by atoms with Crippen molar-refractivity contribution in [2.75, 3.05) is 0 Å². The summed E-state index contributed by atoms with van der Waals surface area (Å²) in [6.07, 6.45) is 6.85. The molecule has 7 rings (SSSR count). The molecule has 158 valence electrons. The van der Waals surface area contributed by atoms with Gasteiger partial charge >= 0.3 is 0 Å². The second-order valence-electron chi connectivity index (χ2n) is 9.01. The molecule has 2 nitrogen and oxygen atoms in total. The maximum atomic E-state index is 2.39. The fraction of sp³-hybridized carbons (Fsp3) is 0.0968. The number of fused-ring (bicyclic) bond motifs is 6. The molecule has 33 heavy (non-hydrogen) atoms. The predicted octanol–water partition coefficient (Wildman–Crippen LogP) is 7.90. The Morgan fingerprint density at radius 2 is 1.39 bits per heavy atom. The van der Waals surface area contributed by atoms with Crippen LogP contribution in [0.25, 0.3) is 55.6 Å². The first-order chi connectivity index (χ1) is 16.3. The van der Waals surface area contributed by atoms with Crippen molar-refractivity contribution in [3.8, 4) is 16.8 Å². The van der Waals surface area contributed by atoms with Gasteiger partial charge in [-0.25, -0.2) is 0 Å². The van der Waals surface area contributed by atoms with Crippen molar-refractivity contribution in [1.29, 1.82) is 0 Å². The molecule has 2 heterocycles. The van der Waals surface area contributed by atoms with Gasteiger partial charge in [0, 0.05) is 45.7 Å². The minimum atomic E-state index is 1.12. The molecule has 0 unspecified atom stereocenters. The van der Waals surface area contributed by atoms with Gasteiger partial charge in [-0.1, -0.05) is 66.7 Å². The molecule has 1 aliphatic carbocycles. The van der Waals surface area contributed by atoms with Crippen molar-refractivity contribution in [3.63, 3.8) is 0 Å². The number of benzene rings is 4. The van der Waals surface area contributed by atoms with Crippen LogP contribution >= 0.6 is 0 Å². The molecule has 6 aromatic rings. The number of para-hydroxylation sites is 2. The third-order valence-electron chi connectivity index (χ3n) is 7.22. The molecule has 0 fully saturated rings. The molecule has 2 heteroatoms. The summed E-state index contributed by atoms with van der Waals surface area (Å²) in [5.74, 6) is 0. The quantitative estimate of drug-likeness (QED) is 0.267. The van der Waals surface area contributed by atoms with Crippen molar-refractivity contribution in [2.45, 2.75) is 12.8 Å². The van der Waals surface area contributed by atoms with Gasteiger partial charge in [-0.3, -0.25) is 0 Å². The van der Waals surface area contributed by atoms with Crippen LogP contribution in [0.5, 0.6) is 0 Å². The topological polar surface area (TPSA) is 9.86 Å². The Kier molecular flexibility index (Phi) is 3.92. The Morgan fingerprint density at radius 1 is 0.636 bits per heavy atom. The van der Waals surface area contributed by atoms with Gasteiger partial charge in [-0.05, 0) is 60.4 Å². The van der Waals surface area contributed by atoms with Crippen LogP contribution < -0.4 is 0 Å². The van der Waals surface area contributed by atoms with Crippen molar-refractivity contribution in [2.24, 2.45) is 7.05 Å². The molecule has 2 aromatic heterocycles. The molecular formula is C31H24N2. The SMILES string of the molecule is Cn1c2c(c3ccc(-c4ccc5c(c4)c4ccccc4n5-c4ccccc4)cc31)C=CCC2. The molecule has 0 saturated heterocycles. The predicted molar refractivity (Wildman–Crippen MR) is 140 cm³/mol. The third-order valence-corrected chi connectivity index (χ3v) is 7.22. The highest BCUT2D eigenvalue weighted by Gasteiger charge is 2.17. The molecule has 0 aliphatic heterocycles. The lowest BCUT2D eigenvalue weighted by atomic mass is 9.99. The standard InChI is InChI=1S/C31H24N2/c1-32-28-13-7-5-11-24(28)26-17-15-22(20-31(26)32)21-16-18-30-27(19-21)25-12-6-8-14-29(25)33(30)23-9-3-2-4-10-23/h2-6,8-12,14-20H,7,13H2,1H3. The van der Waals surface area contributed by atoms with E-state index in [2.05, 4.69) is 119 Å². The summed E-state index contributed by atoms with van der Waals surface area (Å²) in [7, 11) is 2.21. The minimum Gasteiger partial charge on any atom is -0.347 e. The van der Waals surface area contributed by atoms with Crippen LogP contribution in [-0.4, -0.2) is 9.13 Å². The van der Waals surface area contributed by atoms with E-state index in [1.165, 1.54) is 60.8 Å². The summed E-state index contributed by atoms with van der Waals surface area (Å²) in [6, 6.07) is 33.2. The summed E-state index contributed by atoms with van der Waals surface area (Å²) in [6.45, 7) is 0. The van der Waals surface area contributed by atoms with E-state index >= 15 is 0 Å². The van der Waals surface area contributed by atoms with Crippen LogP contribution in [0.1, 0.15) is 17.7 Å². The van der Waals surface area contributed by atoms with Crippen molar-refractivity contribution >= 4 is 38.8 Å². The molecule has 0 spiro atoms. The van der Waals surface area contributed by atoms with Crippen molar-refractivity contribution in [1.82, 2.24) is 9.13 Å². The van der Waals surface area contributed by atoms with Crippen LogP contribution in [0.4, 0.5) is 0 Å². The van der Waals surface area contributed by atoms with Gasteiger partial charge in [0.2, 0.25) is 0 Å². The third kappa shape index (κ3) is 2.67. The number of rotatable bonds is 2. The van der Waals surface area contributed by atoms with Gasteiger partial charge in [0.15, 0.2) is 0 Å². The molecule has 0 N–H and O–H groups in total. The summed E-state index contributed by atoms with van der Waals surface area (Å²) < 4.78 is 4.76. The number of hydrogen-bond acceptors (Lipinski definition) is 0. The maximum absolute atomic E-state index is 2.39. The first-order valence-electron chi connectivity index (χ1n) is 11.7. The molecule has 0 amide bonds. The summed E-state index contributed by atoms with van der Waals surface area (Å²) in [5, 5.41) is 3.94. The Bertz CT molecular complexity index is 1710. The van der Waals surface area contributed by atoms with Gasteiger partial charge in [-0.15, -0.1) is 0 Å². The fourth-order valence-corrected chi connectivity index (χ4v) is 5.62. The van der Waals surface area contributed by atoms with Crippen LogP contribution in [0, 0.1) is 0 Å². The van der Waals surface area contributed by atoms with Crippen molar-refractivity contribution < 1.29 is 0 Å². The highest BCUT2D eigenvalue weighted by Crippen LogP contribution is 2.37. The van der Waals surface area contributed by atoms with Crippen LogP contribution in [0.15, 0.2) is 97.1 Å². The summed E-state index contributed by atoms with van der Waals surface area (Å²) >= 11 is 0. The zero-order valence-electron chi connectivity index (χ0n) is 18.6. The van der Waals surface area contributed by atoms with Gasteiger partial charge in [0.25, 0.3) is 0 Å². The molecule has 0 bridgehead atoms. The highest BCUT2D eigenvalue weighted by atomic mass is 15.0. The normalized spacial score (nSPS) is 13.2. The number of aromatic nitrogens is 2. The zero-order valence-corrected chi connectivity index (χ0v) is 18.6. The Balaban J connectivity index is 1.46. The average Bonchev–Trinajstić information content (AvgIpc) is 3.36. The van der Waals surface area contributed by atoms with E-state index in [9.17, 15) is 0 Å². The zero-order chi connectivity index (χ0) is 21.9. The van der Waals surface area contributed by atoms with E-state index in [-0.39, 0.29) is 0 Å². The van der Waals surface area contributed by atoms with E-state index in [1.807, 2.05) is 0 Å². The second-order valence-corrected chi connectivity index (χ2v) is 9.01. The molecule has 1 aliphatic rings. The van der Waals surface area contributed by atoms with Gasteiger partial charge in [0.1, 0.15) is 0 Å². The second kappa shape index (κ2) is 6.98. The minimum absolute atomic E-state index is 1.12. The Hall–Kier alpha value is -4.04. The fourth-order valence-electron chi connectivity index (χ4n) is 5.62. The van der Waals surface area contributed by atoms with Gasteiger partial charge < -0.3 is 9.13 Å². The maximum Gasteiger partial charge on any atom is 0.0541 e. The lowest BCUT2D eigenvalue weighted by molar-refractivity contribution is 0.824. The largest absolute Gasteiger partial charge is 0.347 e. The Labute approximate surface area is 193 Å². The first-order valence-corrected chi connectivity index (χ1v) is 11.7. The molecule has 0 radical (unpaired) electrons. The van der Waals surface area contributed by atoms with Crippen molar-refractivity contribution in [3.05, 3.63) is 108 Å². The van der Waals surface area contributed by atoms with Crippen LogP contribution in [0.3, 0.4) is 0 Å². The average molecular weight is 425 g/mol. The van der Waals surface area contributed by atoms with Gasteiger partial charge in [-0.2, -0.15) is 0 Å². The van der Waals surface area contributed by atoms with Crippen LogP contribution in [0.2, 0.25) is 0 Å². The molecular weight excluding hydrogens is 400 g/mol. The van der Waals surface area contributed by atoms with E-state index in [1.54, 1.807) is 0 Å². The monoisotopic (exact) mass is 424 g/mol. The molecule has 0 atom stereocenters. The van der Waals surface area contributed by atoms with Crippen LogP contribution in [-0.2, 0) is 13.5 Å². The van der Waals surface area contributed by atoms with E-state index in [0.29, 0.717) is 0 Å². The highest BCUT2D eigenvalue weighted by molar-refractivity contribution is 6.10. The number of aryl methyl sites for hydroxylation is 1. The Morgan fingerprint density at radius 3 is 2.30 bits per heavy atom. The smallest absolute Gasteiger partial charge is 0.0541 e. The number of nitrogens with zero attached hydrogens (tertiary/aromatic N) is 2. The lowest BCUT2D eigenvalue weighted by Crippen LogP contribution is -1.99. The number of allylic oxidation sites excluding steroid dienone is 1. The first kappa shape index (κ1) is 18.5. The summed E-state index contributed by atoms with van der Waals surface area (Å²) in [4.78, 5) is 0. The van der Waals surface area contributed by atoms with E-state index < -0.39 is 0 Å². The molecule has 0 saturated carbocycles. The number of hydrogen-bond donors (Lipinski definition) is 0.